The van der Waals surface area contributed by atoms with Crippen molar-refractivity contribution in [2.24, 2.45) is 0 Å². The molecular formula is C18H13F6NO3. The SMILES string of the molecule is O=C(c1cc2c(c3ccccc13)N1CCOCC1OC2C(F)(F)F)C(F)(F)F. The Bertz CT molecular complexity index is 939. The summed E-state index contributed by atoms with van der Waals surface area (Å²) in [6.07, 6.45) is -13.6. The highest BCUT2D eigenvalue weighted by molar-refractivity contribution is 6.14. The topological polar surface area (TPSA) is 38.8 Å². The van der Waals surface area contributed by atoms with Gasteiger partial charge in [0.15, 0.2) is 12.3 Å². The van der Waals surface area contributed by atoms with E-state index in [1.807, 2.05) is 0 Å². The molecule has 2 atom stereocenters. The minimum atomic E-state index is -5.22. The number of rotatable bonds is 1. The van der Waals surface area contributed by atoms with Gasteiger partial charge in [0.1, 0.15) is 0 Å². The molecule has 28 heavy (non-hydrogen) atoms. The van der Waals surface area contributed by atoms with Crippen LogP contribution in [-0.4, -0.2) is 44.1 Å². The highest BCUT2D eigenvalue weighted by Gasteiger charge is 2.51. The zero-order valence-electron chi connectivity index (χ0n) is 14.1. The lowest BCUT2D eigenvalue weighted by atomic mass is 9.91. The third-order valence-corrected chi connectivity index (χ3v) is 4.79. The normalized spacial score (nSPS) is 22.7. The number of hydrogen-bond donors (Lipinski definition) is 0. The second kappa shape index (κ2) is 6.35. The molecule has 150 valence electrons. The summed E-state index contributed by atoms with van der Waals surface area (Å²) in [5.74, 6) is -2.20. The van der Waals surface area contributed by atoms with Gasteiger partial charge >= 0.3 is 12.4 Å². The molecule has 0 N–H and O–H groups in total. The third-order valence-electron chi connectivity index (χ3n) is 4.79. The van der Waals surface area contributed by atoms with Gasteiger partial charge in [-0.1, -0.05) is 24.3 Å². The molecule has 4 rings (SSSR count). The van der Waals surface area contributed by atoms with Gasteiger partial charge in [0, 0.05) is 23.1 Å². The number of anilines is 1. The molecule has 1 saturated heterocycles. The zero-order valence-corrected chi connectivity index (χ0v) is 14.1. The fraction of sp³-hybridized carbons (Fsp3) is 0.389. The standard InChI is InChI=1S/C18H13F6NO3/c19-17(20,21)15(26)11-7-12-14(10-4-2-1-3-9(10)11)25-5-6-27-8-13(25)28-16(12)18(22,23)24/h1-4,7,13,16H,5-6,8H2. The minimum Gasteiger partial charge on any atom is -0.375 e. The summed E-state index contributed by atoms with van der Waals surface area (Å²) in [5, 5.41) is 0.0775. The van der Waals surface area contributed by atoms with Crippen LogP contribution in [0.1, 0.15) is 22.0 Å². The predicted octanol–water partition coefficient (Wildman–Crippen LogP) is 4.38. The van der Waals surface area contributed by atoms with Crippen LogP contribution in [0.25, 0.3) is 10.8 Å². The maximum Gasteiger partial charge on any atom is 0.454 e. The number of ether oxygens (including phenoxy) is 2. The molecule has 0 radical (unpaired) electrons. The average molecular weight is 405 g/mol. The molecule has 4 nitrogen and oxygen atoms in total. The molecule has 2 aliphatic heterocycles. The molecule has 0 spiro atoms. The number of benzene rings is 2. The molecular weight excluding hydrogens is 392 g/mol. The van der Waals surface area contributed by atoms with Crippen LogP contribution in [0.2, 0.25) is 0 Å². The first-order valence-electron chi connectivity index (χ1n) is 8.33. The van der Waals surface area contributed by atoms with E-state index in [9.17, 15) is 31.1 Å². The molecule has 10 heteroatoms. The molecule has 2 unspecified atom stereocenters. The summed E-state index contributed by atoms with van der Waals surface area (Å²) < 4.78 is 90.5. The maximum atomic E-state index is 13.7. The molecule has 2 heterocycles. The quantitative estimate of drug-likeness (QED) is 0.522. The Morgan fingerprint density at radius 2 is 1.75 bits per heavy atom. The number of nitrogens with zero attached hydrogens (tertiary/aromatic N) is 1. The fourth-order valence-corrected chi connectivity index (χ4v) is 3.68. The Labute approximate surface area is 154 Å². The van der Waals surface area contributed by atoms with Crippen LogP contribution in [0.4, 0.5) is 32.0 Å². The van der Waals surface area contributed by atoms with Gasteiger partial charge in [0.2, 0.25) is 0 Å². The lowest BCUT2D eigenvalue weighted by Crippen LogP contribution is -2.52. The van der Waals surface area contributed by atoms with Crippen LogP contribution in [0.15, 0.2) is 30.3 Å². The Balaban J connectivity index is 2.04. The molecule has 0 saturated carbocycles. The fourth-order valence-electron chi connectivity index (χ4n) is 3.68. The predicted molar refractivity (Wildman–Crippen MR) is 86.2 cm³/mol. The van der Waals surface area contributed by atoms with Crippen LogP contribution in [0.5, 0.6) is 0 Å². The highest BCUT2D eigenvalue weighted by atomic mass is 19.4. The molecule has 0 aromatic heterocycles. The van der Waals surface area contributed by atoms with Crippen molar-refractivity contribution in [3.05, 3.63) is 41.5 Å². The first-order chi connectivity index (χ1) is 13.1. The summed E-state index contributed by atoms with van der Waals surface area (Å²) in [7, 11) is 0. The molecule has 1 fully saturated rings. The van der Waals surface area contributed by atoms with Crippen molar-refractivity contribution >= 4 is 22.2 Å². The van der Waals surface area contributed by atoms with Crippen LogP contribution in [0.3, 0.4) is 0 Å². The average Bonchev–Trinajstić information content (AvgIpc) is 2.64. The lowest BCUT2D eigenvalue weighted by molar-refractivity contribution is -0.247. The third kappa shape index (κ3) is 3.00. The number of Topliss-reactive ketones (excluding diaryl/α,β-unsaturated/α-hetero) is 1. The molecule has 2 aliphatic rings. The summed E-state index contributed by atoms with van der Waals surface area (Å²) in [6.45, 7) is 0.329. The highest BCUT2D eigenvalue weighted by Crippen LogP contribution is 2.49. The van der Waals surface area contributed by atoms with Crippen molar-refractivity contribution < 1.29 is 40.6 Å². The van der Waals surface area contributed by atoms with Gasteiger partial charge in [-0.2, -0.15) is 26.3 Å². The number of halogens is 6. The number of morpholine rings is 1. The van der Waals surface area contributed by atoms with Gasteiger partial charge in [-0.25, -0.2) is 0 Å². The monoisotopic (exact) mass is 405 g/mol. The molecule has 0 amide bonds. The summed E-state index contributed by atoms with van der Waals surface area (Å²) >= 11 is 0. The zero-order chi connectivity index (χ0) is 20.3. The number of carbonyl (C=O) groups excluding carboxylic acids is 1. The smallest absolute Gasteiger partial charge is 0.375 e. The van der Waals surface area contributed by atoms with Gasteiger partial charge in [-0.05, 0) is 11.5 Å². The van der Waals surface area contributed by atoms with Gasteiger partial charge in [0.05, 0.1) is 18.9 Å². The van der Waals surface area contributed by atoms with Gasteiger partial charge in [-0.3, -0.25) is 4.79 Å². The summed E-state index contributed by atoms with van der Waals surface area (Å²) in [5.41, 5.74) is -1.21. The first kappa shape index (κ1) is 19.0. The molecule has 2 aromatic carbocycles. The number of alkyl halides is 6. The second-order valence-corrected chi connectivity index (χ2v) is 6.52. The van der Waals surface area contributed by atoms with Crippen molar-refractivity contribution in [3.63, 3.8) is 0 Å². The molecule has 0 bridgehead atoms. The van der Waals surface area contributed by atoms with E-state index >= 15 is 0 Å². The Morgan fingerprint density at radius 1 is 1.07 bits per heavy atom. The van der Waals surface area contributed by atoms with Crippen molar-refractivity contribution in [3.8, 4) is 0 Å². The number of carbonyl (C=O) groups is 1. The van der Waals surface area contributed by atoms with Crippen LogP contribution < -0.4 is 4.90 Å². The first-order valence-corrected chi connectivity index (χ1v) is 8.33. The Kier molecular flexibility index (Phi) is 4.31. The van der Waals surface area contributed by atoms with E-state index in [-0.39, 0.29) is 36.2 Å². The van der Waals surface area contributed by atoms with E-state index in [0.717, 1.165) is 0 Å². The van der Waals surface area contributed by atoms with Gasteiger partial charge < -0.3 is 14.4 Å². The Morgan fingerprint density at radius 3 is 2.39 bits per heavy atom. The van der Waals surface area contributed by atoms with Crippen molar-refractivity contribution in [1.82, 2.24) is 0 Å². The van der Waals surface area contributed by atoms with Crippen molar-refractivity contribution in [1.29, 1.82) is 0 Å². The van der Waals surface area contributed by atoms with E-state index in [1.165, 1.54) is 24.3 Å². The van der Waals surface area contributed by atoms with Gasteiger partial charge in [0.25, 0.3) is 5.78 Å². The molecule has 2 aromatic rings. The van der Waals surface area contributed by atoms with E-state index in [1.54, 1.807) is 4.90 Å². The second-order valence-electron chi connectivity index (χ2n) is 6.52. The van der Waals surface area contributed by atoms with Crippen molar-refractivity contribution in [2.45, 2.75) is 24.7 Å². The van der Waals surface area contributed by atoms with Crippen molar-refractivity contribution in [2.75, 3.05) is 24.7 Å². The van der Waals surface area contributed by atoms with E-state index in [0.29, 0.717) is 6.07 Å². The van der Waals surface area contributed by atoms with E-state index in [4.69, 9.17) is 9.47 Å². The number of fused-ring (bicyclic) bond motifs is 5. The molecule has 0 aliphatic carbocycles. The number of ketones is 1. The largest absolute Gasteiger partial charge is 0.454 e. The lowest BCUT2D eigenvalue weighted by Gasteiger charge is -2.45. The summed E-state index contributed by atoms with van der Waals surface area (Å²) in [6, 6.07) is 6.29. The van der Waals surface area contributed by atoms with Crippen LogP contribution in [0, 0.1) is 0 Å². The summed E-state index contributed by atoms with van der Waals surface area (Å²) in [4.78, 5) is 13.5. The number of hydrogen-bond acceptors (Lipinski definition) is 4. The maximum absolute atomic E-state index is 13.7. The van der Waals surface area contributed by atoms with Gasteiger partial charge in [-0.15, -0.1) is 0 Å². The van der Waals surface area contributed by atoms with E-state index < -0.39 is 41.6 Å². The van der Waals surface area contributed by atoms with Crippen LogP contribution >= 0.6 is 0 Å². The van der Waals surface area contributed by atoms with E-state index in [2.05, 4.69) is 0 Å². The van der Waals surface area contributed by atoms with Crippen LogP contribution in [-0.2, 0) is 9.47 Å². The Hall–Kier alpha value is -2.33. The minimum absolute atomic E-state index is 0.0587.